The van der Waals surface area contributed by atoms with Gasteiger partial charge in [-0.15, -0.1) is 0 Å². The van der Waals surface area contributed by atoms with Crippen LogP contribution in [0.2, 0.25) is 0 Å². The van der Waals surface area contributed by atoms with Crippen molar-refractivity contribution < 1.29 is 0 Å². The molecule has 3 heteroatoms. The second-order valence-corrected chi connectivity index (χ2v) is 5.85. The summed E-state index contributed by atoms with van der Waals surface area (Å²) in [4.78, 5) is 7.04. The number of hydrogen-bond donors (Lipinski definition) is 1. The first-order valence-corrected chi connectivity index (χ1v) is 7.60. The second-order valence-electron chi connectivity index (χ2n) is 5.85. The molecule has 2 heterocycles. The van der Waals surface area contributed by atoms with Crippen molar-refractivity contribution >= 4 is 0 Å². The summed E-state index contributed by atoms with van der Waals surface area (Å²) in [6, 6.07) is 6.81. The molecule has 0 amide bonds. The van der Waals surface area contributed by atoms with Crippen LogP contribution in [0.15, 0.2) is 24.4 Å². The van der Waals surface area contributed by atoms with Gasteiger partial charge in [-0.2, -0.15) is 0 Å². The number of nitrogens with one attached hydrogen (secondary N) is 1. The maximum atomic E-state index is 4.42. The SMILES string of the molecule is CC(C)N(CCc1ccccn1)CC1CCNCC1. The predicted molar refractivity (Wildman–Crippen MR) is 80.2 cm³/mol. The standard InChI is InChI=1S/C16H27N3/c1-14(2)19(13-15-6-10-17-11-7-15)12-8-16-5-3-4-9-18-16/h3-5,9,14-15,17H,6-8,10-13H2,1-2H3. The first kappa shape index (κ1) is 14.5. The minimum Gasteiger partial charge on any atom is -0.317 e. The lowest BCUT2D eigenvalue weighted by atomic mass is 9.97. The Morgan fingerprint density at radius 3 is 2.74 bits per heavy atom. The zero-order chi connectivity index (χ0) is 13.5. The monoisotopic (exact) mass is 261 g/mol. The summed E-state index contributed by atoms with van der Waals surface area (Å²) in [5.41, 5.74) is 1.21. The molecular formula is C16H27N3. The molecule has 1 N–H and O–H groups in total. The van der Waals surface area contributed by atoms with E-state index in [1.54, 1.807) is 0 Å². The number of hydrogen-bond acceptors (Lipinski definition) is 3. The van der Waals surface area contributed by atoms with Crippen molar-refractivity contribution in [3.63, 3.8) is 0 Å². The molecular weight excluding hydrogens is 234 g/mol. The van der Waals surface area contributed by atoms with Gasteiger partial charge in [-0.3, -0.25) is 4.98 Å². The van der Waals surface area contributed by atoms with E-state index in [1.165, 1.54) is 38.2 Å². The van der Waals surface area contributed by atoms with Gasteiger partial charge in [0.25, 0.3) is 0 Å². The lowest BCUT2D eigenvalue weighted by Gasteiger charge is -2.32. The van der Waals surface area contributed by atoms with Gasteiger partial charge < -0.3 is 10.2 Å². The molecule has 0 saturated carbocycles. The first-order chi connectivity index (χ1) is 9.25. The van der Waals surface area contributed by atoms with Gasteiger partial charge in [-0.05, 0) is 57.8 Å². The quantitative estimate of drug-likeness (QED) is 0.852. The minimum absolute atomic E-state index is 0.624. The fraction of sp³-hybridized carbons (Fsp3) is 0.688. The van der Waals surface area contributed by atoms with Gasteiger partial charge in [0.15, 0.2) is 0 Å². The Kier molecular flexibility index (Phi) is 5.80. The van der Waals surface area contributed by atoms with E-state index in [-0.39, 0.29) is 0 Å². The molecule has 0 bridgehead atoms. The Balaban J connectivity index is 1.82. The average molecular weight is 261 g/mol. The Morgan fingerprint density at radius 1 is 1.32 bits per heavy atom. The van der Waals surface area contributed by atoms with Crippen LogP contribution < -0.4 is 5.32 Å². The number of piperidine rings is 1. The van der Waals surface area contributed by atoms with Gasteiger partial charge in [0.05, 0.1) is 0 Å². The van der Waals surface area contributed by atoms with Crippen molar-refractivity contribution in [1.29, 1.82) is 0 Å². The molecule has 0 aliphatic carbocycles. The van der Waals surface area contributed by atoms with Crippen LogP contribution in [0.5, 0.6) is 0 Å². The van der Waals surface area contributed by atoms with Crippen LogP contribution in [-0.2, 0) is 6.42 Å². The lowest BCUT2D eigenvalue weighted by molar-refractivity contribution is 0.171. The molecule has 1 aromatic rings. The maximum Gasteiger partial charge on any atom is 0.0416 e. The summed E-state index contributed by atoms with van der Waals surface area (Å²) >= 11 is 0. The number of pyridine rings is 1. The molecule has 0 spiro atoms. The third kappa shape index (κ3) is 4.92. The Hall–Kier alpha value is -0.930. The minimum atomic E-state index is 0.624. The highest BCUT2D eigenvalue weighted by Crippen LogP contribution is 2.15. The van der Waals surface area contributed by atoms with E-state index in [4.69, 9.17) is 0 Å². The Labute approximate surface area is 117 Å². The lowest BCUT2D eigenvalue weighted by Crippen LogP contribution is -2.40. The van der Waals surface area contributed by atoms with Crippen LogP contribution in [0.3, 0.4) is 0 Å². The van der Waals surface area contributed by atoms with Crippen molar-refractivity contribution in [3.05, 3.63) is 30.1 Å². The van der Waals surface area contributed by atoms with Gasteiger partial charge in [-0.1, -0.05) is 6.07 Å². The second kappa shape index (κ2) is 7.61. The maximum absolute atomic E-state index is 4.42. The molecule has 1 aliphatic heterocycles. The smallest absolute Gasteiger partial charge is 0.0416 e. The Bertz CT molecular complexity index is 344. The van der Waals surface area contributed by atoms with E-state index in [2.05, 4.69) is 41.2 Å². The fourth-order valence-electron chi connectivity index (χ4n) is 2.76. The molecule has 0 aromatic carbocycles. The molecule has 3 nitrogen and oxygen atoms in total. The Morgan fingerprint density at radius 2 is 2.11 bits per heavy atom. The molecule has 1 fully saturated rings. The number of aromatic nitrogens is 1. The summed E-state index contributed by atoms with van der Waals surface area (Å²) in [6.45, 7) is 9.36. The normalized spacial score (nSPS) is 17.3. The van der Waals surface area contributed by atoms with Crippen LogP contribution >= 0.6 is 0 Å². The van der Waals surface area contributed by atoms with Crippen LogP contribution in [0.4, 0.5) is 0 Å². The van der Waals surface area contributed by atoms with E-state index in [1.807, 2.05) is 12.3 Å². The largest absolute Gasteiger partial charge is 0.317 e. The van der Waals surface area contributed by atoms with Crippen LogP contribution in [0.1, 0.15) is 32.4 Å². The molecule has 0 atom stereocenters. The molecule has 19 heavy (non-hydrogen) atoms. The third-order valence-corrected chi connectivity index (χ3v) is 4.06. The van der Waals surface area contributed by atoms with Gasteiger partial charge >= 0.3 is 0 Å². The highest BCUT2D eigenvalue weighted by molar-refractivity contribution is 5.03. The fourth-order valence-corrected chi connectivity index (χ4v) is 2.76. The zero-order valence-electron chi connectivity index (χ0n) is 12.3. The molecule has 0 unspecified atom stereocenters. The zero-order valence-corrected chi connectivity index (χ0v) is 12.3. The van der Waals surface area contributed by atoms with Gasteiger partial charge in [0.1, 0.15) is 0 Å². The molecule has 106 valence electrons. The number of nitrogens with zero attached hydrogens (tertiary/aromatic N) is 2. The van der Waals surface area contributed by atoms with E-state index in [0.717, 1.165) is 18.9 Å². The van der Waals surface area contributed by atoms with Crippen LogP contribution in [-0.4, -0.2) is 42.1 Å². The predicted octanol–water partition coefficient (Wildman–Crippen LogP) is 2.33. The molecule has 0 radical (unpaired) electrons. The van der Waals surface area contributed by atoms with Gasteiger partial charge in [0.2, 0.25) is 0 Å². The van der Waals surface area contributed by atoms with Crippen molar-refractivity contribution in [2.24, 2.45) is 5.92 Å². The summed E-state index contributed by atoms with van der Waals surface area (Å²) in [7, 11) is 0. The summed E-state index contributed by atoms with van der Waals surface area (Å²) in [5.74, 6) is 0.868. The van der Waals surface area contributed by atoms with Crippen molar-refractivity contribution in [3.8, 4) is 0 Å². The highest BCUT2D eigenvalue weighted by atomic mass is 15.1. The summed E-state index contributed by atoms with van der Waals surface area (Å²) in [6.07, 6.45) is 5.60. The van der Waals surface area contributed by atoms with Crippen molar-refractivity contribution in [2.75, 3.05) is 26.2 Å². The third-order valence-electron chi connectivity index (χ3n) is 4.06. The van der Waals surface area contributed by atoms with Crippen molar-refractivity contribution in [1.82, 2.24) is 15.2 Å². The molecule has 1 aliphatic rings. The average Bonchev–Trinajstić information content (AvgIpc) is 2.45. The van der Waals surface area contributed by atoms with Crippen LogP contribution in [0.25, 0.3) is 0 Å². The molecule has 1 saturated heterocycles. The van der Waals surface area contributed by atoms with Gasteiger partial charge in [0, 0.05) is 37.4 Å². The van der Waals surface area contributed by atoms with E-state index in [0.29, 0.717) is 6.04 Å². The van der Waals surface area contributed by atoms with Crippen LogP contribution in [0, 0.1) is 5.92 Å². The van der Waals surface area contributed by atoms with E-state index in [9.17, 15) is 0 Å². The first-order valence-electron chi connectivity index (χ1n) is 7.60. The van der Waals surface area contributed by atoms with Crippen molar-refractivity contribution in [2.45, 2.75) is 39.2 Å². The highest BCUT2D eigenvalue weighted by Gasteiger charge is 2.18. The number of rotatable bonds is 6. The molecule has 2 rings (SSSR count). The summed E-state index contributed by atoms with van der Waals surface area (Å²) in [5, 5.41) is 3.45. The summed E-state index contributed by atoms with van der Waals surface area (Å²) < 4.78 is 0. The topological polar surface area (TPSA) is 28.2 Å². The van der Waals surface area contributed by atoms with E-state index < -0.39 is 0 Å². The molecule has 1 aromatic heterocycles. The van der Waals surface area contributed by atoms with Gasteiger partial charge in [-0.25, -0.2) is 0 Å². The van der Waals surface area contributed by atoms with E-state index >= 15 is 0 Å².